The van der Waals surface area contributed by atoms with Crippen molar-refractivity contribution in [1.29, 1.82) is 0 Å². The number of hydrogen-bond acceptors (Lipinski definition) is 4. The topological polar surface area (TPSA) is 40.6 Å². The first-order valence-corrected chi connectivity index (χ1v) is 6.80. The first kappa shape index (κ1) is 15.1. The third-order valence-corrected chi connectivity index (χ3v) is 3.92. The van der Waals surface area contributed by atoms with Gasteiger partial charge in [0.2, 0.25) is 0 Å². The molecule has 0 aliphatic carbocycles. The SMILES string of the molecule is COc1cc(C)cnc1/C=C/B1OC(C)(C)C(C)(C)O1. The zero-order valence-corrected chi connectivity index (χ0v) is 13.1. The molecule has 0 radical (unpaired) electrons. The molecule has 0 amide bonds. The van der Waals surface area contributed by atoms with Gasteiger partial charge in [0.25, 0.3) is 0 Å². The van der Waals surface area contributed by atoms with Gasteiger partial charge in [-0.3, -0.25) is 4.98 Å². The summed E-state index contributed by atoms with van der Waals surface area (Å²) >= 11 is 0. The number of nitrogens with zero attached hydrogens (tertiary/aromatic N) is 1. The second kappa shape index (κ2) is 5.22. The third kappa shape index (κ3) is 2.89. The van der Waals surface area contributed by atoms with Gasteiger partial charge in [-0.25, -0.2) is 0 Å². The fourth-order valence-electron chi connectivity index (χ4n) is 1.98. The standard InChI is InChI=1S/C15H22BNO3/c1-11-9-13(18-6)12(17-10-11)7-8-16-19-14(2,3)15(4,5)20-16/h7-10H,1-6H3/b8-7+. The van der Waals surface area contributed by atoms with E-state index in [1.54, 1.807) is 7.11 Å². The quantitative estimate of drug-likeness (QED) is 0.795. The van der Waals surface area contributed by atoms with Crippen LogP contribution in [-0.4, -0.2) is 30.4 Å². The molecular formula is C15H22BNO3. The van der Waals surface area contributed by atoms with Crippen LogP contribution in [0.25, 0.3) is 6.08 Å². The van der Waals surface area contributed by atoms with E-state index in [0.29, 0.717) is 0 Å². The van der Waals surface area contributed by atoms with Gasteiger partial charge in [0.15, 0.2) is 0 Å². The van der Waals surface area contributed by atoms with Crippen LogP contribution in [0, 0.1) is 6.92 Å². The molecule has 2 heterocycles. The van der Waals surface area contributed by atoms with Crippen LogP contribution in [0.3, 0.4) is 0 Å². The highest BCUT2D eigenvalue weighted by Crippen LogP contribution is 2.37. The molecule has 0 aromatic carbocycles. The first-order valence-electron chi connectivity index (χ1n) is 6.80. The van der Waals surface area contributed by atoms with Gasteiger partial charge in [0.1, 0.15) is 11.4 Å². The summed E-state index contributed by atoms with van der Waals surface area (Å²) in [5.41, 5.74) is 1.18. The summed E-state index contributed by atoms with van der Waals surface area (Å²) in [4.78, 5) is 4.36. The minimum Gasteiger partial charge on any atom is -0.494 e. The zero-order chi connectivity index (χ0) is 15.0. The Labute approximate surface area is 121 Å². The Morgan fingerprint density at radius 2 is 1.80 bits per heavy atom. The van der Waals surface area contributed by atoms with Gasteiger partial charge in [-0.05, 0) is 52.3 Å². The summed E-state index contributed by atoms with van der Waals surface area (Å²) in [6, 6.07) is 1.96. The van der Waals surface area contributed by atoms with Gasteiger partial charge >= 0.3 is 7.12 Å². The monoisotopic (exact) mass is 275 g/mol. The molecule has 5 heteroatoms. The van der Waals surface area contributed by atoms with E-state index in [4.69, 9.17) is 14.0 Å². The van der Waals surface area contributed by atoms with Gasteiger partial charge in [-0.15, -0.1) is 0 Å². The maximum absolute atomic E-state index is 5.91. The van der Waals surface area contributed by atoms with E-state index in [1.807, 2.05) is 58.9 Å². The number of pyridine rings is 1. The first-order chi connectivity index (χ1) is 9.25. The molecule has 0 unspecified atom stereocenters. The van der Waals surface area contributed by atoms with Crippen LogP contribution in [0.5, 0.6) is 5.75 Å². The van der Waals surface area contributed by atoms with Crippen LogP contribution in [0.4, 0.5) is 0 Å². The highest BCUT2D eigenvalue weighted by molar-refractivity contribution is 6.52. The molecule has 0 spiro atoms. The average molecular weight is 275 g/mol. The number of aryl methyl sites for hydroxylation is 1. The van der Waals surface area contributed by atoms with Crippen LogP contribution >= 0.6 is 0 Å². The predicted octanol–water partition coefficient (Wildman–Crippen LogP) is 3.04. The fraction of sp³-hybridized carbons (Fsp3) is 0.533. The van der Waals surface area contributed by atoms with E-state index in [0.717, 1.165) is 17.0 Å². The number of methoxy groups -OCH3 is 1. The van der Waals surface area contributed by atoms with Gasteiger partial charge in [0, 0.05) is 6.20 Å². The second-order valence-corrected chi connectivity index (χ2v) is 6.08. The molecule has 1 aliphatic rings. The van der Waals surface area contributed by atoms with Crippen molar-refractivity contribution < 1.29 is 14.0 Å². The summed E-state index contributed by atoms with van der Waals surface area (Å²) in [5.74, 6) is 2.62. The average Bonchev–Trinajstić information content (AvgIpc) is 2.56. The predicted molar refractivity (Wildman–Crippen MR) is 80.6 cm³/mol. The van der Waals surface area contributed by atoms with Crippen molar-refractivity contribution in [2.24, 2.45) is 0 Å². The van der Waals surface area contributed by atoms with Crippen LogP contribution in [-0.2, 0) is 9.31 Å². The minimum absolute atomic E-state index is 0.327. The lowest BCUT2D eigenvalue weighted by Crippen LogP contribution is -2.41. The van der Waals surface area contributed by atoms with Crippen molar-refractivity contribution >= 4 is 13.2 Å². The van der Waals surface area contributed by atoms with E-state index < -0.39 is 0 Å². The summed E-state index contributed by atoms with van der Waals surface area (Å²) in [6.45, 7) is 10.1. The Kier molecular flexibility index (Phi) is 3.94. The molecule has 0 N–H and O–H groups in total. The van der Waals surface area contributed by atoms with Gasteiger partial charge in [0.05, 0.1) is 18.3 Å². The summed E-state index contributed by atoms with van der Waals surface area (Å²) in [7, 11) is 1.27. The van der Waals surface area contributed by atoms with Crippen molar-refractivity contribution in [3.63, 3.8) is 0 Å². The number of ether oxygens (including phenoxy) is 1. The van der Waals surface area contributed by atoms with Crippen LogP contribution in [0.2, 0.25) is 0 Å². The minimum atomic E-state index is -0.368. The Morgan fingerprint density at radius 1 is 1.20 bits per heavy atom. The van der Waals surface area contributed by atoms with Gasteiger partial charge in [-0.1, -0.05) is 5.98 Å². The Bertz CT molecular complexity index is 510. The van der Waals surface area contributed by atoms with Crippen molar-refractivity contribution in [2.75, 3.05) is 7.11 Å². The lowest BCUT2D eigenvalue weighted by Gasteiger charge is -2.32. The van der Waals surface area contributed by atoms with Crippen LogP contribution in [0.15, 0.2) is 18.2 Å². The molecule has 4 nitrogen and oxygen atoms in total. The maximum atomic E-state index is 5.91. The second-order valence-electron chi connectivity index (χ2n) is 6.08. The Hall–Kier alpha value is -1.33. The Morgan fingerprint density at radius 3 is 2.35 bits per heavy atom. The van der Waals surface area contributed by atoms with E-state index in [2.05, 4.69) is 4.98 Å². The number of aromatic nitrogens is 1. The van der Waals surface area contributed by atoms with E-state index in [-0.39, 0.29) is 18.3 Å². The summed E-state index contributed by atoms with van der Waals surface area (Å²) < 4.78 is 17.1. The number of rotatable bonds is 3. The van der Waals surface area contributed by atoms with E-state index >= 15 is 0 Å². The zero-order valence-electron chi connectivity index (χ0n) is 13.1. The summed E-state index contributed by atoms with van der Waals surface area (Å²) in [5, 5.41) is 0. The van der Waals surface area contributed by atoms with Crippen molar-refractivity contribution in [3.05, 3.63) is 29.5 Å². The molecule has 1 aliphatic heterocycles. The largest absolute Gasteiger partial charge is 0.494 e. The lowest BCUT2D eigenvalue weighted by atomic mass is 9.89. The van der Waals surface area contributed by atoms with Gasteiger partial charge in [-0.2, -0.15) is 0 Å². The maximum Gasteiger partial charge on any atom is 0.487 e. The molecule has 108 valence electrons. The fourth-order valence-corrected chi connectivity index (χ4v) is 1.98. The van der Waals surface area contributed by atoms with E-state index in [9.17, 15) is 0 Å². The summed E-state index contributed by atoms with van der Waals surface area (Å²) in [6.07, 6.45) is 3.69. The van der Waals surface area contributed by atoms with Gasteiger partial charge < -0.3 is 14.0 Å². The van der Waals surface area contributed by atoms with Crippen molar-refractivity contribution in [3.8, 4) is 5.75 Å². The highest BCUT2D eigenvalue weighted by Gasteiger charge is 2.50. The number of hydrogen-bond donors (Lipinski definition) is 0. The normalized spacial score (nSPS) is 20.6. The van der Waals surface area contributed by atoms with Crippen molar-refractivity contribution in [2.45, 2.75) is 45.8 Å². The molecule has 1 saturated heterocycles. The smallest absolute Gasteiger partial charge is 0.487 e. The molecule has 0 atom stereocenters. The molecular weight excluding hydrogens is 253 g/mol. The van der Waals surface area contributed by atoms with Crippen LogP contribution in [0.1, 0.15) is 39.0 Å². The third-order valence-electron chi connectivity index (χ3n) is 3.92. The molecule has 1 aromatic heterocycles. The van der Waals surface area contributed by atoms with Crippen molar-refractivity contribution in [1.82, 2.24) is 4.98 Å². The molecule has 20 heavy (non-hydrogen) atoms. The van der Waals surface area contributed by atoms with Crippen LogP contribution < -0.4 is 4.74 Å². The molecule has 2 rings (SSSR count). The molecule has 0 bridgehead atoms. The van der Waals surface area contributed by atoms with E-state index in [1.165, 1.54) is 0 Å². The molecule has 1 aromatic rings. The molecule has 1 fully saturated rings. The lowest BCUT2D eigenvalue weighted by molar-refractivity contribution is 0.00578. The Balaban J connectivity index is 2.16. The molecule has 0 saturated carbocycles. The highest BCUT2D eigenvalue weighted by atomic mass is 16.7.